The Bertz CT molecular complexity index is 968. The summed E-state index contributed by atoms with van der Waals surface area (Å²) in [4.78, 5) is 40.9. The number of amides is 2. The van der Waals surface area contributed by atoms with Gasteiger partial charge < -0.3 is 24.6 Å². The van der Waals surface area contributed by atoms with E-state index in [9.17, 15) is 14.4 Å². The van der Waals surface area contributed by atoms with Gasteiger partial charge in [0.25, 0.3) is 5.91 Å². The fourth-order valence-corrected chi connectivity index (χ4v) is 3.81. The summed E-state index contributed by atoms with van der Waals surface area (Å²) in [5.41, 5.74) is 1.95. The normalized spacial score (nSPS) is 13.8. The Hall–Kier alpha value is -3.55. The minimum atomic E-state index is -0.249. The summed E-state index contributed by atoms with van der Waals surface area (Å²) in [6.45, 7) is 3.09. The number of para-hydroxylation sites is 1. The van der Waals surface area contributed by atoms with Crippen molar-refractivity contribution in [3.05, 3.63) is 54.1 Å². The number of benzene rings is 2. The summed E-state index contributed by atoms with van der Waals surface area (Å²) in [6.07, 6.45) is 1.16. The van der Waals surface area contributed by atoms with Crippen LogP contribution in [0.2, 0.25) is 0 Å². The molecule has 2 aromatic rings. The molecule has 0 aromatic heterocycles. The van der Waals surface area contributed by atoms with E-state index in [2.05, 4.69) is 5.32 Å². The molecular weight excluding hydrogens is 422 g/mol. The maximum atomic E-state index is 13.1. The molecule has 8 nitrogen and oxygen atoms in total. The summed E-state index contributed by atoms with van der Waals surface area (Å²) in [6, 6.07) is 14.6. The van der Waals surface area contributed by atoms with Crippen LogP contribution in [0.25, 0.3) is 0 Å². The second-order valence-electron chi connectivity index (χ2n) is 7.97. The Morgan fingerprint density at radius 1 is 1.06 bits per heavy atom. The predicted octanol–water partition coefficient (Wildman–Crippen LogP) is 3.31. The monoisotopic (exact) mass is 453 g/mol. The van der Waals surface area contributed by atoms with E-state index in [0.29, 0.717) is 43.8 Å². The topological polar surface area (TPSA) is 88.2 Å². The van der Waals surface area contributed by atoms with Crippen LogP contribution < -0.4 is 10.1 Å². The smallest absolute Gasteiger partial charge is 0.309 e. The first-order valence-corrected chi connectivity index (χ1v) is 11.1. The van der Waals surface area contributed by atoms with Gasteiger partial charge in [-0.05, 0) is 56.2 Å². The molecule has 3 rings (SSSR count). The van der Waals surface area contributed by atoms with Crippen LogP contribution in [0.5, 0.6) is 5.75 Å². The third-order valence-electron chi connectivity index (χ3n) is 5.71. The number of nitrogens with zero attached hydrogens (tertiary/aromatic N) is 2. The lowest BCUT2D eigenvalue weighted by molar-refractivity contribution is -0.151. The molecule has 1 aliphatic rings. The number of piperidine rings is 1. The zero-order valence-corrected chi connectivity index (χ0v) is 19.4. The van der Waals surface area contributed by atoms with Crippen molar-refractivity contribution in [1.29, 1.82) is 0 Å². The van der Waals surface area contributed by atoms with Crippen LogP contribution in [0.15, 0.2) is 48.5 Å². The second kappa shape index (κ2) is 11.4. The van der Waals surface area contributed by atoms with E-state index in [1.165, 1.54) is 4.90 Å². The number of carbonyl (C=O) groups is 3. The van der Waals surface area contributed by atoms with Gasteiger partial charge in [-0.1, -0.05) is 12.1 Å². The van der Waals surface area contributed by atoms with Gasteiger partial charge in [0.15, 0.2) is 0 Å². The predicted molar refractivity (Wildman–Crippen MR) is 126 cm³/mol. The molecule has 0 radical (unpaired) electrons. The summed E-state index contributed by atoms with van der Waals surface area (Å²) in [5, 5.41) is 3.26. The van der Waals surface area contributed by atoms with E-state index in [4.69, 9.17) is 9.47 Å². The van der Waals surface area contributed by atoms with Crippen molar-refractivity contribution >= 4 is 29.2 Å². The van der Waals surface area contributed by atoms with Gasteiger partial charge in [-0.2, -0.15) is 0 Å². The minimum Gasteiger partial charge on any atom is -0.497 e. The summed E-state index contributed by atoms with van der Waals surface area (Å²) >= 11 is 0. The summed E-state index contributed by atoms with van der Waals surface area (Å²) < 4.78 is 10.3. The molecule has 0 bridgehead atoms. The molecular formula is C25H31N3O5. The highest BCUT2D eigenvalue weighted by atomic mass is 16.5. The van der Waals surface area contributed by atoms with Crippen molar-refractivity contribution in [1.82, 2.24) is 9.80 Å². The summed E-state index contributed by atoms with van der Waals surface area (Å²) in [7, 11) is 3.23. The maximum absolute atomic E-state index is 13.1. The van der Waals surface area contributed by atoms with Crippen molar-refractivity contribution in [2.24, 2.45) is 5.92 Å². The van der Waals surface area contributed by atoms with E-state index in [1.807, 2.05) is 36.4 Å². The highest BCUT2D eigenvalue weighted by Crippen LogP contribution is 2.24. The molecule has 1 aliphatic heterocycles. The molecule has 0 unspecified atom stereocenters. The third-order valence-corrected chi connectivity index (χ3v) is 5.71. The number of nitrogens with one attached hydrogen (secondary N) is 1. The number of carbonyl (C=O) groups excluding carboxylic acids is 3. The van der Waals surface area contributed by atoms with Crippen LogP contribution >= 0.6 is 0 Å². The van der Waals surface area contributed by atoms with Gasteiger partial charge in [0, 0.05) is 25.8 Å². The average Bonchev–Trinajstić information content (AvgIpc) is 2.84. The number of hydrogen-bond donors (Lipinski definition) is 1. The first-order chi connectivity index (χ1) is 15.9. The lowest BCUT2D eigenvalue weighted by Gasteiger charge is -2.32. The van der Waals surface area contributed by atoms with Gasteiger partial charge in [0.05, 0.1) is 37.4 Å². The van der Waals surface area contributed by atoms with Gasteiger partial charge in [0.1, 0.15) is 5.75 Å². The van der Waals surface area contributed by atoms with Crippen LogP contribution in [0.4, 0.5) is 11.4 Å². The van der Waals surface area contributed by atoms with Crippen molar-refractivity contribution in [3.63, 3.8) is 0 Å². The molecule has 1 N–H and O–H groups in total. The van der Waals surface area contributed by atoms with E-state index in [-0.39, 0.29) is 30.2 Å². The number of rotatable bonds is 8. The van der Waals surface area contributed by atoms with Gasteiger partial charge in [-0.25, -0.2) is 0 Å². The van der Waals surface area contributed by atoms with Crippen LogP contribution in [-0.4, -0.2) is 68.0 Å². The first-order valence-electron chi connectivity index (χ1n) is 11.1. The van der Waals surface area contributed by atoms with Crippen LogP contribution in [0.1, 0.15) is 30.1 Å². The molecule has 1 saturated heterocycles. The molecule has 2 aromatic carbocycles. The molecule has 176 valence electrons. The van der Waals surface area contributed by atoms with Crippen LogP contribution in [-0.2, 0) is 14.3 Å². The molecule has 8 heteroatoms. The molecule has 0 aliphatic carbocycles. The Kier molecular flexibility index (Phi) is 8.29. The zero-order valence-electron chi connectivity index (χ0n) is 19.4. The van der Waals surface area contributed by atoms with Crippen molar-refractivity contribution in [2.75, 3.05) is 45.7 Å². The minimum absolute atomic E-state index is 0.0280. The maximum Gasteiger partial charge on any atom is 0.309 e. The largest absolute Gasteiger partial charge is 0.497 e. The van der Waals surface area contributed by atoms with E-state index in [1.54, 1.807) is 38.1 Å². The Labute approximate surface area is 194 Å². The fraction of sp³-hybridized carbons (Fsp3) is 0.400. The Balaban J connectivity index is 1.60. The highest BCUT2D eigenvalue weighted by molar-refractivity contribution is 6.01. The summed E-state index contributed by atoms with van der Waals surface area (Å²) in [5.74, 6) is 0.00620. The molecule has 0 atom stereocenters. The number of hydrogen-bond acceptors (Lipinski definition) is 6. The number of anilines is 2. The molecule has 2 amide bonds. The van der Waals surface area contributed by atoms with Crippen molar-refractivity contribution in [3.8, 4) is 5.75 Å². The van der Waals surface area contributed by atoms with Crippen LogP contribution in [0, 0.1) is 5.92 Å². The van der Waals surface area contributed by atoms with E-state index >= 15 is 0 Å². The Morgan fingerprint density at radius 3 is 2.36 bits per heavy atom. The SMILES string of the molecule is CCOC(=O)C1CCN(C(=O)CN(C)C(=O)c2ccccc2Nc2ccc(OC)cc2)CC1. The molecule has 1 heterocycles. The van der Waals surface area contributed by atoms with Crippen molar-refractivity contribution in [2.45, 2.75) is 19.8 Å². The van der Waals surface area contributed by atoms with Gasteiger partial charge in [-0.15, -0.1) is 0 Å². The molecule has 0 saturated carbocycles. The highest BCUT2D eigenvalue weighted by Gasteiger charge is 2.29. The van der Waals surface area contributed by atoms with Gasteiger partial charge in [0.2, 0.25) is 5.91 Å². The number of esters is 1. The quantitative estimate of drug-likeness (QED) is 0.617. The van der Waals surface area contributed by atoms with Gasteiger partial charge >= 0.3 is 5.97 Å². The first kappa shape index (κ1) is 24.1. The number of likely N-dealkylation sites (N-methyl/N-ethyl adjacent to an activating group) is 1. The number of likely N-dealkylation sites (tertiary alicyclic amines) is 1. The lowest BCUT2D eigenvalue weighted by atomic mass is 9.97. The average molecular weight is 454 g/mol. The van der Waals surface area contributed by atoms with Crippen molar-refractivity contribution < 1.29 is 23.9 Å². The van der Waals surface area contributed by atoms with Crippen LogP contribution in [0.3, 0.4) is 0 Å². The fourth-order valence-electron chi connectivity index (χ4n) is 3.81. The zero-order chi connectivity index (χ0) is 23.8. The van der Waals surface area contributed by atoms with Gasteiger partial charge in [-0.3, -0.25) is 14.4 Å². The molecule has 33 heavy (non-hydrogen) atoms. The second-order valence-corrected chi connectivity index (χ2v) is 7.97. The van der Waals surface area contributed by atoms with E-state index < -0.39 is 0 Å². The Morgan fingerprint density at radius 2 is 1.73 bits per heavy atom. The molecule has 1 fully saturated rings. The number of ether oxygens (including phenoxy) is 2. The van der Waals surface area contributed by atoms with E-state index in [0.717, 1.165) is 11.4 Å². The third kappa shape index (κ3) is 6.25. The lowest BCUT2D eigenvalue weighted by Crippen LogP contribution is -2.45. The standard InChI is InChI=1S/C25H31N3O5/c1-4-33-25(31)18-13-15-28(16-14-18)23(29)17-27(2)24(30)21-7-5-6-8-22(21)26-19-9-11-20(32-3)12-10-19/h5-12,18,26H,4,13-17H2,1-3H3. The molecule has 0 spiro atoms. The number of methoxy groups -OCH3 is 1.